The van der Waals surface area contributed by atoms with Crippen molar-refractivity contribution in [2.24, 2.45) is 5.92 Å². The summed E-state index contributed by atoms with van der Waals surface area (Å²) in [5.74, 6) is 0.342. The minimum Gasteiger partial charge on any atom is -0.345 e. The molecule has 0 aliphatic heterocycles. The molecule has 1 atom stereocenters. The van der Waals surface area contributed by atoms with Crippen LogP contribution in [0.15, 0.2) is 54.9 Å². The smallest absolute Gasteiger partial charge is 0.223 e. The number of nitrogens with zero attached hydrogens (tertiary/aromatic N) is 1. The minimum absolute atomic E-state index is 0.121. The number of nitrogens with one attached hydrogen (secondary N) is 1. The first-order valence-electron chi connectivity index (χ1n) is 8.10. The number of carbonyl (C=O) groups excluding carboxylic acids is 1. The Bertz CT molecular complexity index is 552. The molecule has 2 aromatic rings. The average molecular weight is 294 g/mol. The van der Waals surface area contributed by atoms with E-state index in [0.717, 1.165) is 24.0 Å². The normalized spacial score (nSPS) is 16.9. The molecule has 1 aromatic heterocycles. The van der Waals surface area contributed by atoms with E-state index in [9.17, 15) is 4.79 Å². The Balaban J connectivity index is 1.81. The summed E-state index contributed by atoms with van der Waals surface area (Å²) in [4.78, 5) is 16.8. The zero-order valence-electron chi connectivity index (χ0n) is 12.7. The lowest BCUT2D eigenvalue weighted by atomic mass is 9.88. The number of hydrogen-bond acceptors (Lipinski definition) is 2. The Hall–Kier alpha value is -2.16. The van der Waals surface area contributed by atoms with Crippen LogP contribution < -0.4 is 5.32 Å². The summed E-state index contributed by atoms with van der Waals surface area (Å²) in [6.07, 6.45) is 9.21. The highest BCUT2D eigenvalue weighted by atomic mass is 16.1. The lowest BCUT2D eigenvalue weighted by Crippen LogP contribution is -2.35. The van der Waals surface area contributed by atoms with Gasteiger partial charge >= 0.3 is 0 Å². The molecule has 1 aliphatic carbocycles. The maximum Gasteiger partial charge on any atom is 0.223 e. The molecule has 0 unspecified atom stereocenters. The molecular weight excluding hydrogens is 272 g/mol. The van der Waals surface area contributed by atoms with Crippen LogP contribution in [0.3, 0.4) is 0 Å². The van der Waals surface area contributed by atoms with Gasteiger partial charge in [-0.2, -0.15) is 0 Å². The molecule has 3 nitrogen and oxygen atoms in total. The van der Waals surface area contributed by atoms with Gasteiger partial charge in [-0.3, -0.25) is 9.78 Å². The van der Waals surface area contributed by atoms with Gasteiger partial charge in [0.05, 0.1) is 6.04 Å². The van der Waals surface area contributed by atoms with Crippen molar-refractivity contribution in [3.05, 3.63) is 66.0 Å². The molecular formula is C19H22N2O. The average Bonchev–Trinajstić information content (AvgIpc) is 2.62. The van der Waals surface area contributed by atoms with E-state index in [1.165, 1.54) is 19.3 Å². The second-order valence-electron chi connectivity index (χ2n) is 5.97. The van der Waals surface area contributed by atoms with Crippen molar-refractivity contribution in [1.29, 1.82) is 0 Å². The van der Waals surface area contributed by atoms with Crippen LogP contribution in [0.25, 0.3) is 0 Å². The van der Waals surface area contributed by atoms with E-state index in [2.05, 4.69) is 22.4 Å². The van der Waals surface area contributed by atoms with Gasteiger partial charge in [0.1, 0.15) is 0 Å². The number of rotatable bonds is 4. The van der Waals surface area contributed by atoms with Crippen molar-refractivity contribution in [3.8, 4) is 0 Å². The van der Waals surface area contributed by atoms with Gasteiger partial charge < -0.3 is 5.32 Å². The first kappa shape index (κ1) is 14.8. The van der Waals surface area contributed by atoms with E-state index < -0.39 is 0 Å². The maximum absolute atomic E-state index is 12.6. The molecule has 0 saturated heterocycles. The fourth-order valence-corrected chi connectivity index (χ4v) is 3.18. The monoisotopic (exact) mass is 294 g/mol. The quantitative estimate of drug-likeness (QED) is 0.930. The van der Waals surface area contributed by atoms with Crippen LogP contribution in [-0.2, 0) is 4.79 Å². The zero-order valence-corrected chi connectivity index (χ0v) is 12.7. The standard InChI is InChI=1S/C19H22N2O/c22-19(16-10-5-2-6-11-16)21-18(15-8-3-1-4-9-15)17-12-7-13-20-14-17/h1,3-4,7-9,12-14,16,18H,2,5-6,10-11H2,(H,21,22)/t18-/m0/s1. The molecule has 114 valence electrons. The number of amides is 1. The zero-order chi connectivity index (χ0) is 15.2. The van der Waals surface area contributed by atoms with Gasteiger partial charge in [-0.15, -0.1) is 0 Å². The van der Waals surface area contributed by atoms with Gasteiger partial charge in [0.2, 0.25) is 5.91 Å². The van der Waals surface area contributed by atoms with Crippen LogP contribution in [0.5, 0.6) is 0 Å². The molecule has 1 aromatic carbocycles. The van der Waals surface area contributed by atoms with Crippen molar-refractivity contribution < 1.29 is 4.79 Å². The molecule has 0 spiro atoms. The van der Waals surface area contributed by atoms with E-state index in [1.807, 2.05) is 36.5 Å². The molecule has 1 aliphatic rings. The van der Waals surface area contributed by atoms with E-state index in [-0.39, 0.29) is 17.9 Å². The lowest BCUT2D eigenvalue weighted by Gasteiger charge is -2.25. The lowest BCUT2D eigenvalue weighted by molar-refractivity contribution is -0.126. The molecule has 3 rings (SSSR count). The summed E-state index contributed by atoms with van der Waals surface area (Å²) in [6, 6.07) is 13.9. The highest BCUT2D eigenvalue weighted by molar-refractivity contribution is 5.79. The SMILES string of the molecule is O=C(N[C@@H](c1ccccc1)c1cccnc1)C1CCCCC1. The van der Waals surface area contributed by atoms with Crippen molar-refractivity contribution >= 4 is 5.91 Å². The first-order chi connectivity index (χ1) is 10.8. The summed E-state index contributed by atoms with van der Waals surface area (Å²) in [7, 11) is 0. The molecule has 1 fully saturated rings. The Morgan fingerprint density at radius 2 is 1.73 bits per heavy atom. The van der Waals surface area contributed by atoms with Gasteiger partial charge in [0.15, 0.2) is 0 Å². The summed E-state index contributed by atoms with van der Waals surface area (Å²) in [5, 5.41) is 3.24. The van der Waals surface area contributed by atoms with E-state index >= 15 is 0 Å². The maximum atomic E-state index is 12.6. The number of aromatic nitrogens is 1. The van der Waals surface area contributed by atoms with Crippen LogP contribution >= 0.6 is 0 Å². The third kappa shape index (κ3) is 3.53. The molecule has 22 heavy (non-hydrogen) atoms. The molecule has 3 heteroatoms. The van der Waals surface area contributed by atoms with Crippen LogP contribution in [0.1, 0.15) is 49.3 Å². The van der Waals surface area contributed by atoms with Crippen LogP contribution in [0.4, 0.5) is 0 Å². The topological polar surface area (TPSA) is 42.0 Å². The third-order valence-corrected chi connectivity index (χ3v) is 4.41. The Morgan fingerprint density at radius 1 is 1.00 bits per heavy atom. The minimum atomic E-state index is -0.121. The summed E-state index contributed by atoms with van der Waals surface area (Å²) in [5.41, 5.74) is 2.12. The van der Waals surface area contributed by atoms with Gasteiger partial charge in [0, 0.05) is 18.3 Å². The van der Waals surface area contributed by atoms with Gasteiger partial charge in [-0.1, -0.05) is 55.7 Å². The predicted octanol–water partition coefficient (Wildman–Crippen LogP) is 3.87. The second-order valence-corrected chi connectivity index (χ2v) is 5.97. The highest BCUT2D eigenvalue weighted by Gasteiger charge is 2.24. The fourth-order valence-electron chi connectivity index (χ4n) is 3.18. The first-order valence-corrected chi connectivity index (χ1v) is 8.10. The Kier molecular flexibility index (Phi) is 4.84. The van der Waals surface area contributed by atoms with E-state index in [4.69, 9.17) is 0 Å². The highest BCUT2D eigenvalue weighted by Crippen LogP contribution is 2.26. The molecule has 1 amide bonds. The van der Waals surface area contributed by atoms with Gasteiger partial charge in [-0.25, -0.2) is 0 Å². The molecule has 1 saturated carbocycles. The van der Waals surface area contributed by atoms with Gasteiger partial charge in [0.25, 0.3) is 0 Å². The van der Waals surface area contributed by atoms with Crippen molar-refractivity contribution in [1.82, 2.24) is 10.3 Å². The fraction of sp³-hybridized carbons (Fsp3) is 0.368. The Labute approximate surface area is 131 Å². The van der Waals surface area contributed by atoms with Gasteiger partial charge in [-0.05, 0) is 30.0 Å². The van der Waals surface area contributed by atoms with Crippen LogP contribution in [0, 0.1) is 5.92 Å². The van der Waals surface area contributed by atoms with E-state index in [1.54, 1.807) is 6.20 Å². The molecule has 1 N–H and O–H groups in total. The van der Waals surface area contributed by atoms with Crippen LogP contribution in [0.2, 0.25) is 0 Å². The number of benzene rings is 1. The van der Waals surface area contributed by atoms with Crippen LogP contribution in [-0.4, -0.2) is 10.9 Å². The summed E-state index contributed by atoms with van der Waals surface area (Å²) >= 11 is 0. The summed E-state index contributed by atoms with van der Waals surface area (Å²) in [6.45, 7) is 0. The largest absolute Gasteiger partial charge is 0.345 e. The number of carbonyl (C=O) groups is 1. The summed E-state index contributed by atoms with van der Waals surface area (Å²) < 4.78 is 0. The second kappa shape index (κ2) is 7.21. The number of pyridine rings is 1. The molecule has 0 radical (unpaired) electrons. The van der Waals surface area contributed by atoms with Crippen molar-refractivity contribution in [2.45, 2.75) is 38.1 Å². The van der Waals surface area contributed by atoms with E-state index in [0.29, 0.717) is 0 Å². The Morgan fingerprint density at radius 3 is 2.41 bits per heavy atom. The number of hydrogen-bond donors (Lipinski definition) is 1. The van der Waals surface area contributed by atoms with Crippen molar-refractivity contribution in [3.63, 3.8) is 0 Å². The predicted molar refractivity (Wildman–Crippen MR) is 87.2 cm³/mol. The molecule has 0 bridgehead atoms. The van der Waals surface area contributed by atoms with Crippen molar-refractivity contribution in [2.75, 3.05) is 0 Å². The molecule has 1 heterocycles. The third-order valence-electron chi connectivity index (χ3n) is 4.41.